The van der Waals surface area contributed by atoms with E-state index in [0.717, 1.165) is 0 Å². The summed E-state index contributed by atoms with van der Waals surface area (Å²) in [5, 5.41) is 2.76. The van der Waals surface area contributed by atoms with E-state index in [2.05, 4.69) is 89.3 Å². The molecule has 4 rings (SSSR count). The molecular weight excluding hydrogens is 375 g/mol. The molecule has 2 heteroatoms. The first-order valence-electron chi connectivity index (χ1n) is 6.49. The number of halogens is 1. The SMILES string of the molecule is Ic1ccc2sc3cccc(-c4ccccc4)c3c2c1. The maximum absolute atomic E-state index is 2.39. The van der Waals surface area contributed by atoms with Crippen LogP contribution >= 0.6 is 33.9 Å². The third-order valence-electron chi connectivity index (χ3n) is 3.54. The van der Waals surface area contributed by atoms with Gasteiger partial charge in [-0.3, -0.25) is 0 Å². The normalized spacial score (nSPS) is 11.2. The lowest BCUT2D eigenvalue weighted by atomic mass is 10.00. The number of hydrogen-bond donors (Lipinski definition) is 0. The Balaban J connectivity index is 2.16. The number of fused-ring (bicyclic) bond motifs is 3. The lowest BCUT2D eigenvalue weighted by molar-refractivity contribution is 1.67. The highest BCUT2D eigenvalue weighted by atomic mass is 127. The van der Waals surface area contributed by atoms with Crippen LogP contribution in [0.25, 0.3) is 31.3 Å². The van der Waals surface area contributed by atoms with Crippen molar-refractivity contribution in [1.82, 2.24) is 0 Å². The van der Waals surface area contributed by atoms with Gasteiger partial charge >= 0.3 is 0 Å². The van der Waals surface area contributed by atoms with E-state index >= 15 is 0 Å². The van der Waals surface area contributed by atoms with Gasteiger partial charge in [0.25, 0.3) is 0 Å². The number of thiophene rings is 1. The summed E-state index contributed by atoms with van der Waals surface area (Å²) in [5.74, 6) is 0. The van der Waals surface area contributed by atoms with Crippen molar-refractivity contribution in [2.75, 3.05) is 0 Å². The zero-order valence-corrected chi connectivity index (χ0v) is 13.6. The topological polar surface area (TPSA) is 0 Å². The predicted octanol–water partition coefficient (Wildman–Crippen LogP) is 6.33. The van der Waals surface area contributed by atoms with Gasteiger partial charge in [-0.2, -0.15) is 0 Å². The van der Waals surface area contributed by atoms with Gasteiger partial charge in [-0.1, -0.05) is 42.5 Å². The molecule has 20 heavy (non-hydrogen) atoms. The second-order valence-corrected chi connectivity index (χ2v) is 7.12. The lowest BCUT2D eigenvalue weighted by Gasteiger charge is -2.04. The fraction of sp³-hybridized carbons (Fsp3) is 0. The largest absolute Gasteiger partial charge is 0.135 e. The van der Waals surface area contributed by atoms with Crippen LogP contribution in [0.3, 0.4) is 0 Å². The summed E-state index contributed by atoms with van der Waals surface area (Å²) < 4.78 is 4.02. The fourth-order valence-electron chi connectivity index (χ4n) is 2.66. The molecule has 0 saturated heterocycles. The Morgan fingerprint density at radius 1 is 0.750 bits per heavy atom. The monoisotopic (exact) mass is 386 g/mol. The van der Waals surface area contributed by atoms with E-state index in [1.54, 1.807) is 0 Å². The molecule has 0 N–H and O–H groups in total. The van der Waals surface area contributed by atoms with Crippen LogP contribution < -0.4 is 0 Å². The van der Waals surface area contributed by atoms with E-state index in [1.165, 1.54) is 34.9 Å². The highest BCUT2D eigenvalue weighted by Gasteiger charge is 2.10. The van der Waals surface area contributed by atoms with Crippen molar-refractivity contribution in [2.24, 2.45) is 0 Å². The Bertz CT molecular complexity index is 907. The first-order chi connectivity index (χ1) is 9.83. The van der Waals surface area contributed by atoms with Crippen LogP contribution in [-0.2, 0) is 0 Å². The second kappa shape index (κ2) is 4.86. The quantitative estimate of drug-likeness (QED) is 0.336. The van der Waals surface area contributed by atoms with Crippen molar-refractivity contribution < 1.29 is 0 Å². The van der Waals surface area contributed by atoms with Crippen molar-refractivity contribution in [3.63, 3.8) is 0 Å². The molecular formula is C18H11IS. The predicted molar refractivity (Wildman–Crippen MR) is 97.5 cm³/mol. The highest BCUT2D eigenvalue weighted by Crippen LogP contribution is 2.40. The van der Waals surface area contributed by atoms with E-state index in [4.69, 9.17) is 0 Å². The molecule has 0 aliphatic rings. The molecule has 96 valence electrons. The minimum atomic E-state index is 1.29. The summed E-state index contributed by atoms with van der Waals surface area (Å²) in [6.45, 7) is 0. The minimum absolute atomic E-state index is 1.29. The smallest absolute Gasteiger partial charge is 0.0361 e. The molecule has 4 aromatic rings. The molecule has 0 saturated carbocycles. The third kappa shape index (κ3) is 1.95. The van der Waals surface area contributed by atoms with Crippen LogP contribution in [0.15, 0.2) is 66.7 Å². The Hall–Kier alpha value is -1.39. The summed E-state index contributed by atoms with van der Waals surface area (Å²) >= 11 is 4.27. The van der Waals surface area contributed by atoms with Crippen LogP contribution in [0, 0.1) is 3.57 Å². The summed E-state index contributed by atoms with van der Waals surface area (Å²) in [6.07, 6.45) is 0. The minimum Gasteiger partial charge on any atom is -0.135 e. The van der Waals surface area contributed by atoms with Crippen molar-refractivity contribution in [1.29, 1.82) is 0 Å². The molecule has 1 aromatic heterocycles. The average molecular weight is 386 g/mol. The Kier molecular flexibility index (Phi) is 3.00. The third-order valence-corrected chi connectivity index (χ3v) is 5.35. The Morgan fingerprint density at radius 3 is 2.45 bits per heavy atom. The van der Waals surface area contributed by atoms with Crippen molar-refractivity contribution in [3.05, 3.63) is 70.3 Å². The molecule has 0 bridgehead atoms. The van der Waals surface area contributed by atoms with E-state index in [-0.39, 0.29) is 0 Å². The zero-order chi connectivity index (χ0) is 13.5. The molecule has 0 amide bonds. The summed E-state index contributed by atoms with van der Waals surface area (Å²) in [7, 11) is 0. The van der Waals surface area contributed by atoms with Gasteiger partial charge in [-0.25, -0.2) is 0 Å². The lowest BCUT2D eigenvalue weighted by Crippen LogP contribution is -1.79. The maximum Gasteiger partial charge on any atom is 0.0361 e. The number of benzene rings is 3. The van der Waals surface area contributed by atoms with Crippen LogP contribution in [0.5, 0.6) is 0 Å². The molecule has 0 radical (unpaired) electrons. The molecule has 0 unspecified atom stereocenters. The second-order valence-electron chi connectivity index (χ2n) is 4.79. The van der Waals surface area contributed by atoms with Crippen LogP contribution in [0.2, 0.25) is 0 Å². The summed E-state index contributed by atoms with van der Waals surface area (Å²) in [6, 6.07) is 24.0. The van der Waals surface area contributed by atoms with E-state index in [1.807, 2.05) is 11.3 Å². The van der Waals surface area contributed by atoms with Gasteiger partial charge in [0.15, 0.2) is 0 Å². The molecule has 0 fully saturated rings. The summed E-state index contributed by atoms with van der Waals surface area (Å²) in [5.41, 5.74) is 2.62. The summed E-state index contributed by atoms with van der Waals surface area (Å²) in [4.78, 5) is 0. The van der Waals surface area contributed by atoms with Crippen LogP contribution in [-0.4, -0.2) is 0 Å². The molecule has 1 heterocycles. The van der Waals surface area contributed by atoms with Gasteiger partial charge in [-0.15, -0.1) is 11.3 Å². The van der Waals surface area contributed by atoms with Gasteiger partial charge in [0.2, 0.25) is 0 Å². The molecule has 0 nitrogen and oxygen atoms in total. The Labute approximate surface area is 135 Å². The average Bonchev–Trinajstić information content (AvgIpc) is 2.86. The van der Waals surface area contributed by atoms with Gasteiger partial charge < -0.3 is 0 Å². The van der Waals surface area contributed by atoms with Gasteiger partial charge in [0, 0.05) is 23.7 Å². The van der Waals surface area contributed by atoms with E-state index < -0.39 is 0 Å². The van der Waals surface area contributed by atoms with Crippen molar-refractivity contribution >= 4 is 54.1 Å². The highest BCUT2D eigenvalue weighted by molar-refractivity contribution is 14.1. The molecule has 0 spiro atoms. The maximum atomic E-state index is 2.39. The van der Waals surface area contributed by atoms with Crippen LogP contribution in [0.4, 0.5) is 0 Å². The molecule has 0 atom stereocenters. The van der Waals surface area contributed by atoms with Crippen molar-refractivity contribution in [2.45, 2.75) is 0 Å². The first-order valence-corrected chi connectivity index (χ1v) is 8.39. The van der Waals surface area contributed by atoms with Gasteiger partial charge in [0.1, 0.15) is 0 Å². The standard InChI is InChI=1S/C18H11IS/c19-13-9-10-16-15(11-13)18-14(7-4-8-17(18)20-16)12-5-2-1-3-6-12/h1-11H. The first kappa shape index (κ1) is 12.4. The Morgan fingerprint density at radius 2 is 1.60 bits per heavy atom. The van der Waals surface area contributed by atoms with Crippen molar-refractivity contribution in [3.8, 4) is 11.1 Å². The molecule has 0 aliphatic carbocycles. The zero-order valence-electron chi connectivity index (χ0n) is 10.6. The molecule has 0 aliphatic heterocycles. The number of rotatable bonds is 1. The van der Waals surface area contributed by atoms with Gasteiger partial charge in [-0.05, 0) is 58.0 Å². The van der Waals surface area contributed by atoms with E-state index in [0.29, 0.717) is 0 Å². The van der Waals surface area contributed by atoms with Crippen LogP contribution in [0.1, 0.15) is 0 Å². The van der Waals surface area contributed by atoms with E-state index in [9.17, 15) is 0 Å². The fourth-order valence-corrected chi connectivity index (χ4v) is 4.26. The van der Waals surface area contributed by atoms with Gasteiger partial charge in [0.05, 0.1) is 0 Å². The number of hydrogen-bond acceptors (Lipinski definition) is 1. The molecule has 3 aromatic carbocycles.